The van der Waals surface area contributed by atoms with Gasteiger partial charge < -0.3 is 10.4 Å². The Labute approximate surface area is 123 Å². The molecule has 0 saturated carbocycles. The molecule has 2 rings (SSSR count). The van der Waals surface area contributed by atoms with Crippen LogP contribution in [0.5, 0.6) is 5.75 Å². The Hall–Kier alpha value is -1.74. The molecule has 2 nitrogen and oxygen atoms in total. The first-order chi connectivity index (χ1) is 9.56. The lowest BCUT2D eigenvalue weighted by Gasteiger charge is -2.17. The number of aryl methyl sites for hydroxylation is 1. The Bertz CT molecular complexity index is 551. The molecule has 2 aromatic rings. The summed E-state index contributed by atoms with van der Waals surface area (Å²) < 4.78 is 13.6. The van der Waals surface area contributed by atoms with Gasteiger partial charge in [-0.05, 0) is 49.6 Å². The molecule has 0 radical (unpaired) electrons. The van der Waals surface area contributed by atoms with Crippen LogP contribution in [0.2, 0.25) is 5.02 Å². The highest BCUT2D eigenvalue weighted by molar-refractivity contribution is 6.33. The molecule has 0 heterocycles. The van der Waals surface area contributed by atoms with Gasteiger partial charge >= 0.3 is 0 Å². The van der Waals surface area contributed by atoms with Crippen molar-refractivity contribution >= 4 is 17.3 Å². The average Bonchev–Trinajstić information content (AvgIpc) is 2.42. The fourth-order valence-corrected chi connectivity index (χ4v) is 2.22. The highest BCUT2D eigenvalue weighted by Gasteiger charge is 2.10. The molecule has 106 valence electrons. The van der Waals surface area contributed by atoms with Crippen molar-refractivity contribution in [1.29, 1.82) is 0 Å². The minimum atomic E-state index is -0.339. The average molecular weight is 294 g/mol. The molecule has 0 aliphatic heterocycles. The number of hydrogen-bond acceptors (Lipinski definition) is 2. The number of phenols is 1. The summed E-state index contributed by atoms with van der Waals surface area (Å²) >= 11 is 5.98. The van der Waals surface area contributed by atoms with Gasteiger partial charge in [0.05, 0.1) is 10.7 Å². The minimum Gasteiger partial charge on any atom is -0.508 e. The number of rotatable bonds is 5. The van der Waals surface area contributed by atoms with Crippen molar-refractivity contribution in [1.82, 2.24) is 0 Å². The zero-order valence-corrected chi connectivity index (χ0v) is 12.0. The lowest BCUT2D eigenvalue weighted by molar-refractivity contribution is 0.475. The predicted molar refractivity (Wildman–Crippen MR) is 80.9 cm³/mol. The second kappa shape index (κ2) is 6.62. The van der Waals surface area contributed by atoms with E-state index < -0.39 is 0 Å². The van der Waals surface area contributed by atoms with Crippen LogP contribution in [0.15, 0.2) is 42.5 Å². The van der Waals surface area contributed by atoms with E-state index in [1.54, 1.807) is 24.3 Å². The number of phenolic OH excluding ortho intramolecular Hbond substituents is 1. The molecule has 4 heteroatoms. The largest absolute Gasteiger partial charge is 0.508 e. The molecule has 0 fully saturated rings. The molecule has 0 amide bonds. The van der Waals surface area contributed by atoms with Gasteiger partial charge in [-0.15, -0.1) is 0 Å². The van der Waals surface area contributed by atoms with Crippen LogP contribution in [-0.2, 0) is 6.42 Å². The Morgan fingerprint density at radius 2 is 1.90 bits per heavy atom. The maximum Gasteiger partial charge on any atom is 0.147 e. The van der Waals surface area contributed by atoms with Crippen LogP contribution < -0.4 is 5.32 Å². The lowest BCUT2D eigenvalue weighted by Crippen LogP contribution is -2.17. The van der Waals surface area contributed by atoms with Gasteiger partial charge in [-0.3, -0.25) is 0 Å². The van der Waals surface area contributed by atoms with Crippen molar-refractivity contribution in [2.45, 2.75) is 25.8 Å². The summed E-state index contributed by atoms with van der Waals surface area (Å²) in [4.78, 5) is 0. The molecule has 20 heavy (non-hydrogen) atoms. The third-order valence-corrected chi connectivity index (χ3v) is 3.47. The Kier molecular flexibility index (Phi) is 4.85. The molecule has 0 aliphatic carbocycles. The predicted octanol–water partition coefficient (Wildman–Crippen LogP) is 4.62. The van der Waals surface area contributed by atoms with E-state index in [-0.39, 0.29) is 17.6 Å². The van der Waals surface area contributed by atoms with E-state index in [0.29, 0.717) is 10.7 Å². The first-order valence-corrected chi connectivity index (χ1v) is 6.92. The van der Waals surface area contributed by atoms with Crippen molar-refractivity contribution in [2.24, 2.45) is 0 Å². The molecule has 0 spiro atoms. The molecule has 0 bridgehead atoms. The minimum absolute atomic E-state index is 0.0956. The number of nitrogens with one attached hydrogen (secondary N) is 1. The highest BCUT2D eigenvalue weighted by Crippen LogP contribution is 2.26. The standard InChI is InChI=1S/C16H17ClFNO/c1-11(5-6-12-7-9-13(20)10-8-12)19-16-14(17)3-2-4-15(16)18/h2-4,7-11,19-20H,5-6H2,1H3. The van der Waals surface area contributed by atoms with E-state index >= 15 is 0 Å². The van der Waals surface area contributed by atoms with Crippen molar-refractivity contribution in [2.75, 3.05) is 5.32 Å². The maximum absolute atomic E-state index is 13.6. The molecule has 1 unspecified atom stereocenters. The summed E-state index contributed by atoms with van der Waals surface area (Å²) in [6.07, 6.45) is 1.69. The van der Waals surface area contributed by atoms with Crippen molar-refractivity contribution < 1.29 is 9.50 Å². The lowest BCUT2D eigenvalue weighted by atomic mass is 10.1. The van der Waals surface area contributed by atoms with Crippen LogP contribution >= 0.6 is 11.6 Å². The summed E-state index contributed by atoms with van der Waals surface area (Å²) in [7, 11) is 0. The number of aromatic hydroxyl groups is 1. The SMILES string of the molecule is CC(CCc1ccc(O)cc1)Nc1c(F)cccc1Cl. The summed E-state index contributed by atoms with van der Waals surface area (Å²) in [6, 6.07) is 11.8. The second-order valence-electron chi connectivity index (χ2n) is 4.85. The fraction of sp³-hybridized carbons (Fsp3) is 0.250. The van der Waals surface area contributed by atoms with Gasteiger partial charge in [0.15, 0.2) is 0 Å². The van der Waals surface area contributed by atoms with Crippen LogP contribution in [0.1, 0.15) is 18.9 Å². The normalized spacial score (nSPS) is 12.2. The van der Waals surface area contributed by atoms with E-state index in [4.69, 9.17) is 11.6 Å². The zero-order valence-electron chi connectivity index (χ0n) is 11.2. The van der Waals surface area contributed by atoms with E-state index in [2.05, 4.69) is 5.32 Å². The maximum atomic E-state index is 13.6. The van der Waals surface area contributed by atoms with Crippen LogP contribution in [0, 0.1) is 5.82 Å². The van der Waals surface area contributed by atoms with Crippen molar-refractivity contribution in [3.8, 4) is 5.75 Å². The molecule has 0 saturated heterocycles. The van der Waals surface area contributed by atoms with Gasteiger partial charge in [0.1, 0.15) is 11.6 Å². The molecule has 1 atom stereocenters. The van der Waals surface area contributed by atoms with Gasteiger partial charge in [-0.2, -0.15) is 0 Å². The van der Waals surface area contributed by atoms with Crippen LogP contribution in [0.4, 0.5) is 10.1 Å². The number of anilines is 1. The van der Waals surface area contributed by atoms with Crippen LogP contribution in [0.3, 0.4) is 0 Å². The van der Waals surface area contributed by atoms with Gasteiger partial charge in [0.2, 0.25) is 0 Å². The first-order valence-electron chi connectivity index (χ1n) is 6.54. The Morgan fingerprint density at radius 3 is 2.55 bits per heavy atom. The molecule has 2 N–H and O–H groups in total. The quantitative estimate of drug-likeness (QED) is 0.843. The second-order valence-corrected chi connectivity index (χ2v) is 5.25. The number of halogens is 2. The van der Waals surface area contributed by atoms with E-state index in [0.717, 1.165) is 18.4 Å². The summed E-state index contributed by atoms with van der Waals surface area (Å²) in [6.45, 7) is 1.99. The van der Waals surface area contributed by atoms with E-state index in [1.165, 1.54) is 6.07 Å². The van der Waals surface area contributed by atoms with Gasteiger partial charge in [0, 0.05) is 6.04 Å². The van der Waals surface area contributed by atoms with Crippen LogP contribution in [-0.4, -0.2) is 11.1 Å². The van der Waals surface area contributed by atoms with Gasteiger partial charge in [-0.1, -0.05) is 29.8 Å². The molecule has 2 aromatic carbocycles. The number of para-hydroxylation sites is 1. The summed E-state index contributed by atoms with van der Waals surface area (Å²) in [5.74, 6) is -0.0768. The highest BCUT2D eigenvalue weighted by atomic mass is 35.5. The topological polar surface area (TPSA) is 32.3 Å². The van der Waals surface area contributed by atoms with Gasteiger partial charge in [-0.25, -0.2) is 4.39 Å². The first kappa shape index (κ1) is 14.7. The monoisotopic (exact) mass is 293 g/mol. The fourth-order valence-electron chi connectivity index (χ4n) is 2.00. The molecular weight excluding hydrogens is 277 g/mol. The Balaban J connectivity index is 1.92. The Morgan fingerprint density at radius 1 is 1.20 bits per heavy atom. The summed E-state index contributed by atoms with van der Waals surface area (Å²) in [5.41, 5.74) is 1.49. The smallest absolute Gasteiger partial charge is 0.147 e. The third-order valence-electron chi connectivity index (χ3n) is 3.16. The third kappa shape index (κ3) is 3.87. The molecule has 0 aromatic heterocycles. The molecular formula is C16H17ClFNO. The number of benzene rings is 2. The van der Waals surface area contributed by atoms with E-state index in [1.807, 2.05) is 19.1 Å². The summed E-state index contributed by atoms with van der Waals surface area (Å²) in [5, 5.41) is 12.7. The van der Waals surface area contributed by atoms with Crippen molar-refractivity contribution in [3.63, 3.8) is 0 Å². The van der Waals surface area contributed by atoms with Gasteiger partial charge in [0.25, 0.3) is 0 Å². The van der Waals surface area contributed by atoms with Crippen molar-refractivity contribution in [3.05, 3.63) is 58.9 Å². The van der Waals surface area contributed by atoms with E-state index in [9.17, 15) is 9.50 Å². The molecule has 0 aliphatic rings. The van der Waals surface area contributed by atoms with Crippen LogP contribution in [0.25, 0.3) is 0 Å². The number of hydrogen-bond donors (Lipinski definition) is 2. The zero-order chi connectivity index (χ0) is 14.5.